The molecule has 2 atom stereocenters. The van der Waals surface area contributed by atoms with Crippen LogP contribution in [0.25, 0.3) is 0 Å². The fourth-order valence-electron chi connectivity index (χ4n) is 2.56. The van der Waals surface area contributed by atoms with Gasteiger partial charge >= 0.3 is 5.97 Å². The molecule has 1 aliphatic rings. The summed E-state index contributed by atoms with van der Waals surface area (Å²) in [5.74, 6) is -2.11. The van der Waals surface area contributed by atoms with E-state index in [0.717, 1.165) is 12.0 Å². The summed E-state index contributed by atoms with van der Waals surface area (Å²) in [6.07, 6.45) is 1.24. The van der Waals surface area contributed by atoms with Crippen LogP contribution in [-0.4, -0.2) is 40.9 Å². The maximum absolute atomic E-state index is 12.2. The monoisotopic (exact) mass is 304 g/mol. The summed E-state index contributed by atoms with van der Waals surface area (Å²) in [6.45, 7) is 2.12. The highest BCUT2D eigenvalue weighted by atomic mass is 16.4. The Labute approximate surface area is 129 Å². The summed E-state index contributed by atoms with van der Waals surface area (Å²) in [4.78, 5) is 36.5. The Bertz CT molecular complexity index is 559. The van der Waals surface area contributed by atoms with E-state index in [-0.39, 0.29) is 18.4 Å². The van der Waals surface area contributed by atoms with E-state index >= 15 is 0 Å². The van der Waals surface area contributed by atoms with Gasteiger partial charge in [0.05, 0.1) is 18.5 Å². The highest BCUT2D eigenvalue weighted by Crippen LogP contribution is 2.22. The molecule has 2 N–H and O–H groups in total. The van der Waals surface area contributed by atoms with Gasteiger partial charge in [-0.3, -0.25) is 14.4 Å². The summed E-state index contributed by atoms with van der Waals surface area (Å²) in [5.41, 5.74) is 0.735. The number of amides is 2. The Morgan fingerprint density at radius 1 is 1.32 bits per heavy atom. The van der Waals surface area contributed by atoms with E-state index in [1.807, 2.05) is 6.07 Å². The molecule has 0 spiro atoms. The number of benzene rings is 1. The van der Waals surface area contributed by atoms with Gasteiger partial charge in [-0.2, -0.15) is 0 Å². The molecule has 2 amide bonds. The summed E-state index contributed by atoms with van der Waals surface area (Å²) >= 11 is 0. The summed E-state index contributed by atoms with van der Waals surface area (Å²) in [7, 11) is 0. The molecule has 2 rings (SSSR count). The molecule has 1 aliphatic heterocycles. The minimum absolute atomic E-state index is 0.0193. The fraction of sp³-hybridized carbons (Fsp3) is 0.438. The first-order chi connectivity index (χ1) is 10.5. The maximum atomic E-state index is 12.2. The van der Waals surface area contributed by atoms with Crippen LogP contribution in [0.2, 0.25) is 0 Å². The van der Waals surface area contributed by atoms with Crippen LogP contribution in [-0.2, 0) is 14.4 Å². The number of carboxylic acid groups (broad SMARTS) is 1. The van der Waals surface area contributed by atoms with Gasteiger partial charge in [0.25, 0.3) is 0 Å². The quantitative estimate of drug-likeness (QED) is 0.826. The minimum atomic E-state index is -0.980. The lowest BCUT2D eigenvalue weighted by molar-refractivity contribution is -0.143. The van der Waals surface area contributed by atoms with Gasteiger partial charge < -0.3 is 15.3 Å². The number of nitrogens with one attached hydrogen (secondary N) is 1. The lowest BCUT2D eigenvalue weighted by Gasteiger charge is -2.24. The smallest absolute Gasteiger partial charge is 0.308 e. The molecule has 0 bridgehead atoms. The van der Waals surface area contributed by atoms with Crippen molar-refractivity contribution in [3.05, 3.63) is 35.9 Å². The number of hydrogen-bond donors (Lipinski definition) is 2. The molecule has 6 heteroatoms. The van der Waals surface area contributed by atoms with Gasteiger partial charge in [0, 0.05) is 13.0 Å². The molecular formula is C16H20N2O4. The third-order valence-electron chi connectivity index (χ3n) is 3.87. The van der Waals surface area contributed by atoms with Crippen molar-refractivity contribution < 1.29 is 19.5 Å². The second-order valence-electron chi connectivity index (χ2n) is 5.50. The third kappa shape index (κ3) is 3.84. The number of aliphatic carboxylic acids is 1. The molecule has 0 aliphatic carbocycles. The van der Waals surface area contributed by atoms with Crippen molar-refractivity contribution in [2.75, 3.05) is 13.1 Å². The van der Waals surface area contributed by atoms with Gasteiger partial charge in [0.1, 0.15) is 0 Å². The highest BCUT2D eigenvalue weighted by molar-refractivity contribution is 5.86. The SMILES string of the molecule is C[C@H](C(=O)O)[C@H](NC(=O)CN1CCCC1=O)c1ccccc1. The van der Waals surface area contributed by atoms with E-state index in [9.17, 15) is 19.5 Å². The first-order valence-electron chi connectivity index (χ1n) is 7.34. The molecule has 118 valence electrons. The van der Waals surface area contributed by atoms with Crippen LogP contribution in [0.5, 0.6) is 0 Å². The molecule has 1 aromatic carbocycles. The average molecular weight is 304 g/mol. The molecule has 6 nitrogen and oxygen atoms in total. The number of likely N-dealkylation sites (tertiary alicyclic amines) is 1. The molecule has 1 aromatic rings. The second kappa shape index (κ2) is 7.06. The van der Waals surface area contributed by atoms with Crippen LogP contribution in [0.3, 0.4) is 0 Å². The molecular weight excluding hydrogens is 284 g/mol. The van der Waals surface area contributed by atoms with Crippen molar-refractivity contribution >= 4 is 17.8 Å². The van der Waals surface area contributed by atoms with Gasteiger partial charge in [-0.15, -0.1) is 0 Å². The Morgan fingerprint density at radius 3 is 2.55 bits per heavy atom. The first kappa shape index (κ1) is 16.0. The number of carbonyl (C=O) groups is 3. The van der Waals surface area contributed by atoms with Crippen molar-refractivity contribution in [1.29, 1.82) is 0 Å². The van der Waals surface area contributed by atoms with E-state index < -0.39 is 17.9 Å². The molecule has 0 aromatic heterocycles. The molecule has 1 heterocycles. The normalized spacial score (nSPS) is 17.1. The molecule has 0 unspecified atom stereocenters. The minimum Gasteiger partial charge on any atom is -0.481 e. The maximum Gasteiger partial charge on any atom is 0.308 e. The molecule has 1 fully saturated rings. The third-order valence-corrected chi connectivity index (χ3v) is 3.87. The van der Waals surface area contributed by atoms with Crippen LogP contribution < -0.4 is 5.32 Å². The van der Waals surface area contributed by atoms with Crippen molar-refractivity contribution in [2.45, 2.75) is 25.8 Å². The lowest BCUT2D eigenvalue weighted by Crippen LogP contribution is -2.42. The van der Waals surface area contributed by atoms with E-state index in [1.54, 1.807) is 31.2 Å². The average Bonchev–Trinajstić information content (AvgIpc) is 2.90. The molecule has 22 heavy (non-hydrogen) atoms. The zero-order valence-corrected chi connectivity index (χ0v) is 12.5. The number of carbonyl (C=O) groups excluding carboxylic acids is 2. The Balaban J connectivity index is 2.07. The van der Waals surface area contributed by atoms with Crippen molar-refractivity contribution in [2.24, 2.45) is 5.92 Å². The largest absolute Gasteiger partial charge is 0.481 e. The van der Waals surface area contributed by atoms with Crippen LogP contribution in [0.15, 0.2) is 30.3 Å². The predicted molar refractivity (Wildman–Crippen MR) is 79.9 cm³/mol. The summed E-state index contributed by atoms with van der Waals surface area (Å²) in [5, 5.41) is 12.0. The van der Waals surface area contributed by atoms with Crippen LogP contribution in [0.4, 0.5) is 0 Å². The molecule has 0 saturated carbocycles. The Kier molecular flexibility index (Phi) is 5.14. The van der Waals surface area contributed by atoms with Crippen molar-refractivity contribution in [3.8, 4) is 0 Å². The van der Waals surface area contributed by atoms with E-state index in [1.165, 1.54) is 4.90 Å². The van der Waals surface area contributed by atoms with Gasteiger partial charge in [-0.1, -0.05) is 30.3 Å². The highest BCUT2D eigenvalue weighted by Gasteiger charge is 2.28. The zero-order valence-electron chi connectivity index (χ0n) is 12.5. The predicted octanol–water partition coefficient (Wildman–Crippen LogP) is 1.19. The number of carboxylic acids is 1. The fourth-order valence-corrected chi connectivity index (χ4v) is 2.56. The Hall–Kier alpha value is -2.37. The second-order valence-corrected chi connectivity index (χ2v) is 5.50. The lowest BCUT2D eigenvalue weighted by atomic mass is 9.94. The van der Waals surface area contributed by atoms with Gasteiger partial charge in [-0.25, -0.2) is 0 Å². The number of hydrogen-bond acceptors (Lipinski definition) is 3. The Morgan fingerprint density at radius 2 is 2.00 bits per heavy atom. The van der Waals surface area contributed by atoms with E-state index in [2.05, 4.69) is 5.32 Å². The van der Waals surface area contributed by atoms with Gasteiger partial charge in [0.2, 0.25) is 11.8 Å². The van der Waals surface area contributed by atoms with Crippen LogP contribution in [0.1, 0.15) is 31.4 Å². The molecule has 1 saturated heterocycles. The number of nitrogens with zero attached hydrogens (tertiary/aromatic N) is 1. The van der Waals surface area contributed by atoms with Crippen LogP contribution >= 0.6 is 0 Å². The topological polar surface area (TPSA) is 86.7 Å². The summed E-state index contributed by atoms with van der Waals surface area (Å²) in [6, 6.07) is 8.37. The summed E-state index contributed by atoms with van der Waals surface area (Å²) < 4.78 is 0. The van der Waals surface area contributed by atoms with Gasteiger partial charge in [0.15, 0.2) is 0 Å². The molecule has 0 radical (unpaired) electrons. The zero-order chi connectivity index (χ0) is 16.1. The van der Waals surface area contributed by atoms with Gasteiger partial charge in [-0.05, 0) is 18.9 Å². The number of rotatable bonds is 6. The van der Waals surface area contributed by atoms with Crippen molar-refractivity contribution in [1.82, 2.24) is 10.2 Å². The standard InChI is InChI=1S/C16H20N2O4/c1-11(16(21)22)15(12-6-3-2-4-7-12)17-13(19)10-18-9-5-8-14(18)20/h2-4,6-7,11,15H,5,8-10H2,1H3,(H,17,19)(H,21,22)/t11-,15-/m0/s1. The van der Waals surface area contributed by atoms with Crippen LogP contribution in [0, 0.1) is 5.92 Å². The first-order valence-corrected chi connectivity index (χ1v) is 7.34. The van der Waals surface area contributed by atoms with Crippen molar-refractivity contribution in [3.63, 3.8) is 0 Å². The van der Waals surface area contributed by atoms with E-state index in [0.29, 0.717) is 13.0 Å². The van der Waals surface area contributed by atoms with E-state index in [4.69, 9.17) is 0 Å².